The molecule has 1 aliphatic heterocycles. The summed E-state index contributed by atoms with van der Waals surface area (Å²) in [6.45, 7) is 1.83. The molecule has 3 rings (SSSR count). The van der Waals surface area contributed by atoms with Crippen LogP contribution in [-0.4, -0.2) is 16.3 Å². The summed E-state index contributed by atoms with van der Waals surface area (Å²) in [6, 6.07) is 9.79. The highest BCUT2D eigenvalue weighted by Crippen LogP contribution is 2.20. The summed E-state index contributed by atoms with van der Waals surface area (Å²) in [5.74, 6) is 0. The van der Waals surface area contributed by atoms with Gasteiger partial charge >= 0.3 is 0 Å². The van der Waals surface area contributed by atoms with Crippen LogP contribution in [-0.2, 0) is 13.0 Å². The van der Waals surface area contributed by atoms with Crippen LogP contribution in [0.4, 0.5) is 0 Å². The Hall–Kier alpha value is -2.12. The molecule has 4 nitrogen and oxygen atoms in total. The molecule has 0 aliphatic carbocycles. The Balaban J connectivity index is 2.16. The predicted molar refractivity (Wildman–Crippen MR) is 63.7 cm³/mol. The number of fused-ring (bicyclic) bond motifs is 1. The Morgan fingerprint density at radius 3 is 3.12 bits per heavy atom. The highest BCUT2D eigenvalue weighted by atomic mass is 15.3. The van der Waals surface area contributed by atoms with Gasteiger partial charge in [0.25, 0.3) is 0 Å². The molecule has 84 valence electrons. The van der Waals surface area contributed by atoms with Gasteiger partial charge in [-0.25, -0.2) is 4.68 Å². The number of aromatic nitrogens is 2. The molecule has 0 saturated heterocycles. The van der Waals surface area contributed by atoms with E-state index in [-0.39, 0.29) is 0 Å². The van der Waals surface area contributed by atoms with Crippen molar-refractivity contribution in [3.63, 3.8) is 0 Å². The Morgan fingerprint density at radius 2 is 2.24 bits per heavy atom. The first-order chi connectivity index (χ1) is 8.40. The number of benzene rings is 1. The number of nitrogens with one attached hydrogen (secondary N) is 1. The van der Waals surface area contributed by atoms with Gasteiger partial charge in [-0.1, -0.05) is 12.1 Å². The van der Waals surface area contributed by atoms with Gasteiger partial charge in [-0.3, -0.25) is 0 Å². The van der Waals surface area contributed by atoms with E-state index in [1.165, 1.54) is 11.3 Å². The topological polar surface area (TPSA) is 53.6 Å². The Bertz CT molecular complexity index is 592. The summed E-state index contributed by atoms with van der Waals surface area (Å²) < 4.78 is 1.90. The molecular weight excluding hydrogens is 212 g/mol. The zero-order chi connectivity index (χ0) is 11.7. The van der Waals surface area contributed by atoms with E-state index in [0.717, 1.165) is 25.2 Å². The SMILES string of the molecule is N#Cc1ccccc1-n1ncc2c1CCNC2. The van der Waals surface area contributed by atoms with Gasteiger partial charge in [-0.05, 0) is 12.1 Å². The highest BCUT2D eigenvalue weighted by Gasteiger charge is 2.16. The monoisotopic (exact) mass is 224 g/mol. The van der Waals surface area contributed by atoms with E-state index in [4.69, 9.17) is 5.26 Å². The first-order valence-corrected chi connectivity index (χ1v) is 5.66. The van der Waals surface area contributed by atoms with Gasteiger partial charge in [0.05, 0.1) is 23.1 Å². The lowest BCUT2D eigenvalue weighted by Gasteiger charge is -2.15. The van der Waals surface area contributed by atoms with Crippen LogP contribution in [0.1, 0.15) is 16.8 Å². The van der Waals surface area contributed by atoms with Gasteiger partial charge < -0.3 is 5.32 Å². The Kier molecular flexibility index (Phi) is 2.39. The molecule has 4 heteroatoms. The van der Waals surface area contributed by atoms with E-state index in [0.29, 0.717) is 5.56 Å². The molecule has 17 heavy (non-hydrogen) atoms. The maximum absolute atomic E-state index is 9.12. The quantitative estimate of drug-likeness (QED) is 0.796. The average Bonchev–Trinajstić information content (AvgIpc) is 2.82. The lowest BCUT2D eigenvalue weighted by Crippen LogP contribution is -2.24. The van der Waals surface area contributed by atoms with E-state index >= 15 is 0 Å². The molecule has 0 amide bonds. The number of hydrogen-bond donors (Lipinski definition) is 1. The number of nitriles is 1. The fourth-order valence-corrected chi connectivity index (χ4v) is 2.21. The summed E-state index contributed by atoms with van der Waals surface area (Å²) in [4.78, 5) is 0. The third-order valence-electron chi connectivity index (χ3n) is 3.06. The molecule has 1 N–H and O–H groups in total. The Morgan fingerprint density at radius 1 is 1.35 bits per heavy atom. The van der Waals surface area contributed by atoms with Crippen molar-refractivity contribution in [1.82, 2.24) is 15.1 Å². The number of nitrogens with zero attached hydrogens (tertiary/aromatic N) is 3. The van der Waals surface area contributed by atoms with Crippen molar-refractivity contribution in [3.05, 3.63) is 47.3 Å². The standard InChI is InChI=1S/C13H12N4/c14-7-10-3-1-2-4-12(10)17-13-5-6-15-8-11(13)9-16-17/h1-4,9,15H,5-6,8H2. The van der Waals surface area contributed by atoms with E-state index in [2.05, 4.69) is 16.5 Å². The minimum Gasteiger partial charge on any atom is -0.312 e. The fourth-order valence-electron chi connectivity index (χ4n) is 2.21. The normalized spacial score (nSPS) is 14.1. The second kappa shape index (κ2) is 4.04. The predicted octanol–water partition coefficient (Wildman–Crippen LogP) is 1.39. The van der Waals surface area contributed by atoms with Crippen molar-refractivity contribution in [2.45, 2.75) is 13.0 Å². The van der Waals surface area contributed by atoms with Crippen LogP contribution in [0, 0.1) is 11.3 Å². The second-order valence-electron chi connectivity index (χ2n) is 4.08. The summed E-state index contributed by atoms with van der Waals surface area (Å²) in [7, 11) is 0. The van der Waals surface area contributed by atoms with Crippen molar-refractivity contribution in [2.75, 3.05) is 6.54 Å². The number of rotatable bonds is 1. The minimum absolute atomic E-state index is 0.664. The molecule has 1 aromatic heterocycles. The molecule has 0 saturated carbocycles. The summed E-state index contributed by atoms with van der Waals surface area (Å²) >= 11 is 0. The van der Waals surface area contributed by atoms with Crippen LogP contribution in [0.15, 0.2) is 30.5 Å². The minimum atomic E-state index is 0.664. The van der Waals surface area contributed by atoms with E-state index in [1.807, 2.05) is 35.1 Å². The molecule has 0 atom stereocenters. The van der Waals surface area contributed by atoms with Crippen molar-refractivity contribution >= 4 is 0 Å². The molecular formula is C13H12N4. The molecule has 0 fully saturated rings. The third kappa shape index (κ3) is 1.61. The van der Waals surface area contributed by atoms with Gasteiger partial charge in [0, 0.05) is 25.1 Å². The maximum Gasteiger partial charge on any atom is 0.101 e. The molecule has 0 spiro atoms. The van der Waals surface area contributed by atoms with E-state index < -0.39 is 0 Å². The van der Waals surface area contributed by atoms with Crippen LogP contribution in [0.3, 0.4) is 0 Å². The number of para-hydroxylation sites is 1. The molecule has 1 aliphatic rings. The average molecular weight is 224 g/mol. The zero-order valence-corrected chi connectivity index (χ0v) is 9.35. The van der Waals surface area contributed by atoms with Gasteiger partial charge in [-0.2, -0.15) is 10.4 Å². The first kappa shape index (κ1) is 10.1. The summed E-state index contributed by atoms with van der Waals surface area (Å²) in [5, 5.41) is 16.8. The first-order valence-electron chi connectivity index (χ1n) is 5.66. The summed E-state index contributed by atoms with van der Waals surface area (Å²) in [5.41, 5.74) is 3.98. The van der Waals surface area contributed by atoms with Crippen LogP contribution in [0.2, 0.25) is 0 Å². The molecule has 2 aromatic rings. The van der Waals surface area contributed by atoms with Crippen molar-refractivity contribution in [3.8, 4) is 11.8 Å². The van der Waals surface area contributed by atoms with Gasteiger partial charge in [-0.15, -0.1) is 0 Å². The second-order valence-corrected chi connectivity index (χ2v) is 4.08. The Labute approximate surface area is 99.5 Å². The largest absolute Gasteiger partial charge is 0.312 e. The maximum atomic E-state index is 9.12. The zero-order valence-electron chi connectivity index (χ0n) is 9.35. The molecule has 0 radical (unpaired) electrons. The lowest BCUT2D eigenvalue weighted by atomic mass is 10.1. The lowest BCUT2D eigenvalue weighted by molar-refractivity contribution is 0.622. The molecule has 0 bridgehead atoms. The molecule has 0 unspecified atom stereocenters. The smallest absolute Gasteiger partial charge is 0.101 e. The van der Waals surface area contributed by atoms with E-state index in [9.17, 15) is 0 Å². The van der Waals surface area contributed by atoms with Crippen molar-refractivity contribution in [2.24, 2.45) is 0 Å². The van der Waals surface area contributed by atoms with Gasteiger partial charge in [0.15, 0.2) is 0 Å². The van der Waals surface area contributed by atoms with E-state index in [1.54, 1.807) is 0 Å². The number of hydrogen-bond acceptors (Lipinski definition) is 3. The van der Waals surface area contributed by atoms with Crippen molar-refractivity contribution in [1.29, 1.82) is 5.26 Å². The fraction of sp³-hybridized carbons (Fsp3) is 0.231. The van der Waals surface area contributed by atoms with Crippen molar-refractivity contribution < 1.29 is 0 Å². The third-order valence-corrected chi connectivity index (χ3v) is 3.06. The van der Waals surface area contributed by atoms with Gasteiger partial charge in [0.2, 0.25) is 0 Å². The van der Waals surface area contributed by atoms with Gasteiger partial charge in [0.1, 0.15) is 6.07 Å². The molecule has 1 aromatic carbocycles. The van der Waals surface area contributed by atoms with Crippen LogP contribution >= 0.6 is 0 Å². The van der Waals surface area contributed by atoms with Crippen LogP contribution < -0.4 is 5.32 Å². The van der Waals surface area contributed by atoms with Crippen LogP contribution in [0.5, 0.6) is 0 Å². The highest BCUT2D eigenvalue weighted by molar-refractivity contribution is 5.49. The van der Waals surface area contributed by atoms with Crippen LogP contribution in [0.25, 0.3) is 5.69 Å². The molecule has 2 heterocycles. The summed E-state index contributed by atoms with van der Waals surface area (Å²) in [6.07, 6.45) is 2.84.